The Balaban J connectivity index is 1.92. The maximum Gasteiger partial charge on any atom is 0.255 e. The molecule has 4 nitrogen and oxygen atoms in total. The number of benzene rings is 1. The Bertz CT molecular complexity index is 425. The van der Waals surface area contributed by atoms with Gasteiger partial charge in [-0.1, -0.05) is 11.6 Å². The van der Waals surface area contributed by atoms with Gasteiger partial charge >= 0.3 is 0 Å². The lowest BCUT2D eigenvalue weighted by Gasteiger charge is -2.31. The van der Waals surface area contributed by atoms with Crippen LogP contribution in [-0.4, -0.2) is 28.8 Å². The van der Waals surface area contributed by atoms with Crippen LogP contribution < -0.4 is 5.32 Å². The number of amides is 1. The molecule has 0 unspecified atom stereocenters. The first-order valence-electron chi connectivity index (χ1n) is 5.82. The number of aliphatic hydroxyl groups is 1. The normalized spacial score (nSPS) is 22.9. The van der Waals surface area contributed by atoms with E-state index in [-0.39, 0.29) is 17.8 Å². The Labute approximate surface area is 100 Å². The van der Waals surface area contributed by atoms with E-state index in [1.165, 1.54) is 6.07 Å². The van der Waals surface area contributed by atoms with Crippen LogP contribution in [0, 0.1) is 12.8 Å². The highest BCUT2D eigenvalue weighted by Gasteiger charge is 2.27. The first-order chi connectivity index (χ1) is 8.06. The first kappa shape index (κ1) is 11.9. The maximum absolute atomic E-state index is 11.8. The molecule has 1 aromatic carbocycles. The zero-order valence-electron chi connectivity index (χ0n) is 9.81. The van der Waals surface area contributed by atoms with E-state index < -0.39 is 0 Å². The Hall–Kier alpha value is -1.55. The fourth-order valence-corrected chi connectivity index (χ4v) is 2.03. The van der Waals surface area contributed by atoms with E-state index in [1.54, 1.807) is 12.1 Å². The van der Waals surface area contributed by atoms with Crippen molar-refractivity contribution in [2.45, 2.75) is 25.9 Å². The fraction of sp³-hybridized carbons (Fsp3) is 0.462. The highest BCUT2D eigenvalue weighted by atomic mass is 16.3. The van der Waals surface area contributed by atoms with Gasteiger partial charge in [-0.25, -0.2) is 0 Å². The summed E-state index contributed by atoms with van der Waals surface area (Å²) in [6.07, 6.45) is 1.30. The van der Waals surface area contributed by atoms with E-state index in [2.05, 4.69) is 5.32 Å². The van der Waals surface area contributed by atoms with Gasteiger partial charge in [-0.15, -0.1) is 0 Å². The molecule has 0 radical (unpaired) electrons. The van der Waals surface area contributed by atoms with Crippen molar-refractivity contribution in [1.29, 1.82) is 0 Å². The van der Waals surface area contributed by atoms with Crippen molar-refractivity contribution in [3.63, 3.8) is 0 Å². The predicted molar refractivity (Wildman–Crippen MR) is 63.9 cm³/mol. The molecule has 1 aliphatic carbocycles. The van der Waals surface area contributed by atoms with E-state index in [1.807, 2.05) is 6.92 Å². The van der Waals surface area contributed by atoms with Crippen LogP contribution in [-0.2, 0) is 0 Å². The average Bonchev–Trinajstić information content (AvgIpc) is 2.26. The Morgan fingerprint density at radius 1 is 1.47 bits per heavy atom. The Kier molecular flexibility index (Phi) is 3.33. The lowest BCUT2D eigenvalue weighted by Crippen LogP contribution is -2.38. The van der Waals surface area contributed by atoms with E-state index in [9.17, 15) is 9.90 Å². The number of hydrogen-bond donors (Lipinski definition) is 3. The summed E-state index contributed by atoms with van der Waals surface area (Å²) < 4.78 is 0. The van der Waals surface area contributed by atoms with Crippen LogP contribution in [0.5, 0.6) is 5.75 Å². The number of carbonyl (C=O) groups excluding carboxylic acids is 1. The second-order valence-electron chi connectivity index (χ2n) is 4.72. The van der Waals surface area contributed by atoms with Crippen LogP contribution in [0.25, 0.3) is 0 Å². The summed E-state index contributed by atoms with van der Waals surface area (Å²) >= 11 is 0. The van der Waals surface area contributed by atoms with Crippen molar-refractivity contribution >= 4 is 5.91 Å². The molecule has 1 aromatic rings. The van der Waals surface area contributed by atoms with E-state index >= 15 is 0 Å². The van der Waals surface area contributed by atoms with Crippen molar-refractivity contribution < 1.29 is 15.0 Å². The van der Waals surface area contributed by atoms with Gasteiger partial charge in [0.1, 0.15) is 5.75 Å². The van der Waals surface area contributed by atoms with Crippen LogP contribution in [0.2, 0.25) is 0 Å². The van der Waals surface area contributed by atoms with Crippen molar-refractivity contribution in [2.75, 3.05) is 6.54 Å². The number of rotatable bonds is 3. The lowest BCUT2D eigenvalue weighted by atomic mass is 9.82. The summed E-state index contributed by atoms with van der Waals surface area (Å²) in [4.78, 5) is 11.8. The highest BCUT2D eigenvalue weighted by Crippen LogP contribution is 2.26. The summed E-state index contributed by atoms with van der Waals surface area (Å²) in [5.41, 5.74) is 1.25. The molecule has 1 fully saturated rings. The lowest BCUT2D eigenvalue weighted by molar-refractivity contribution is 0.0420. The maximum atomic E-state index is 11.8. The van der Waals surface area contributed by atoms with Crippen LogP contribution in [0.15, 0.2) is 18.2 Å². The molecular formula is C13H17NO3. The number of aromatic hydroxyl groups is 1. The minimum atomic E-state index is -0.257. The molecule has 1 aliphatic rings. The molecule has 4 heteroatoms. The van der Waals surface area contributed by atoms with Gasteiger partial charge in [-0.2, -0.15) is 0 Å². The summed E-state index contributed by atoms with van der Waals surface area (Å²) in [6, 6.07) is 4.95. The SMILES string of the molecule is Cc1ccc(O)c(C(=O)NCC2CC(O)C2)c1. The third-order valence-electron chi connectivity index (χ3n) is 3.16. The molecule has 0 saturated heterocycles. The van der Waals surface area contributed by atoms with Crippen LogP contribution in [0.1, 0.15) is 28.8 Å². The van der Waals surface area contributed by atoms with Gasteiger partial charge in [-0.3, -0.25) is 4.79 Å². The zero-order chi connectivity index (χ0) is 12.4. The summed E-state index contributed by atoms with van der Waals surface area (Å²) in [5, 5.41) is 21.5. The summed E-state index contributed by atoms with van der Waals surface area (Å²) in [6.45, 7) is 2.43. The molecule has 92 valence electrons. The van der Waals surface area contributed by atoms with E-state index in [0.29, 0.717) is 18.0 Å². The number of phenolic OH excluding ortho intramolecular Hbond substituents is 1. The summed E-state index contributed by atoms with van der Waals surface area (Å²) in [5.74, 6) is 0.107. The highest BCUT2D eigenvalue weighted by molar-refractivity contribution is 5.96. The zero-order valence-corrected chi connectivity index (χ0v) is 9.81. The average molecular weight is 235 g/mol. The van der Waals surface area contributed by atoms with Crippen molar-refractivity contribution in [3.05, 3.63) is 29.3 Å². The van der Waals surface area contributed by atoms with E-state index in [4.69, 9.17) is 5.11 Å². The van der Waals surface area contributed by atoms with Gasteiger partial charge in [0.05, 0.1) is 11.7 Å². The number of phenols is 1. The molecule has 1 saturated carbocycles. The van der Waals surface area contributed by atoms with Crippen molar-refractivity contribution in [2.24, 2.45) is 5.92 Å². The van der Waals surface area contributed by atoms with Crippen molar-refractivity contribution in [1.82, 2.24) is 5.32 Å². The minimum Gasteiger partial charge on any atom is -0.507 e. The van der Waals surface area contributed by atoms with Gasteiger partial charge in [0, 0.05) is 6.54 Å². The van der Waals surface area contributed by atoms with Crippen LogP contribution in [0.4, 0.5) is 0 Å². The third-order valence-corrected chi connectivity index (χ3v) is 3.16. The Morgan fingerprint density at radius 2 is 2.18 bits per heavy atom. The van der Waals surface area contributed by atoms with Gasteiger partial charge in [0.25, 0.3) is 5.91 Å². The smallest absolute Gasteiger partial charge is 0.255 e. The molecule has 0 heterocycles. The largest absolute Gasteiger partial charge is 0.507 e. The molecular weight excluding hydrogens is 218 g/mol. The van der Waals surface area contributed by atoms with Gasteiger partial charge in [0.15, 0.2) is 0 Å². The molecule has 2 rings (SSSR count). The van der Waals surface area contributed by atoms with E-state index in [0.717, 1.165) is 18.4 Å². The third kappa shape index (κ3) is 2.77. The molecule has 3 N–H and O–H groups in total. The first-order valence-corrected chi connectivity index (χ1v) is 5.82. The molecule has 1 amide bonds. The second kappa shape index (κ2) is 4.75. The van der Waals surface area contributed by atoms with Gasteiger partial charge in [0.2, 0.25) is 0 Å². The number of carbonyl (C=O) groups is 1. The molecule has 0 aliphatic heterocycles. The number of aryl methyl sites for hydroxylation is 1. The topological polar surface area (TPSA) is 69.6 Å². The molecule has 17 heavy (non-hydrogen) atoms. The van der Waals surface area contributed by atoms with Crippen LogP contribution >= 0.6 is 0 Å². The second-order valence-corrected chi connectivity index (χ2v) is 4.72. The predicted octanol–water partition coefficient (Wildman–Crippen LogP) is 1.20. The van der Waals surface area contributed by atoms with Gasteiger partial charge in [-0.05, 0) is 37.8 Å². The number of hydrogen-bond acceptors (Lipinski definition) is 3. The fourth-order valence-electron chi connectivity index (χ4n) is 2.03. The number of aliphatic hydroxyl groups excluding tert-OH is 1. The number of nitrogens with one attached hydrogen (secondary N) is 1. The summed E-state index contributed by atoms with van der Waals surface area (Å²) in [7, 11) is 0. The quantitative estimate of drug-likeness (QED) is 0.737. The molecule has 0 aromatic heterocycles. The standard InChI is InChI=1S/C13H17NO3/c1-8-2-3-12(16)11(4-8)13(17)14-7-9-5-10(15)6-9/h2-4,9-10,15-16H,5-7H2,1H3,(H,14,17). The Morgan fingerprint density at radius 3 is 2.82 bits per heavy atom. The van der Waals surface area contributed by atoms with Crippen molar-refractivity contribution in [3.8, 4) is 5.75 Å². The molecule has 0 bridgehead atoms. The monoisotopic (exact) mass is 235 g/mol. The van der Waals surface area contributed by atoms with Crippen LogP contribution in [0.3, 0.4) is 0 Å². The minimum absolute atomic E-state index is 0.00161. The molecule has 0 atom stereocenters. The molecule has 0 spiro atoms. The van der Waals surface area contributed by atoms with Gasteiger partial charge < -0.3 is 15.5 Å².